The third-order valence-electron chi connectivity index (χ3n) is 3.02. The number of rotatable bonds is 4. The summed E-state index contributed by atoms with van der Waals surface area (Å²) in [4.78, 5) is 20.3. The Morgan fingerprint density at radius 2 is 2.04 bits per heavy atom. The van der Waals surface area contributed by atoms with Gasteiger partial charge in [0.05, 0.1) is 12.3 Å². The van der Waals surface area contributed by atoms with Crippen LogP contribution in [0.4, 0.5) is 4.79 Å². The van der Waals surface area contributed by atoms with Crippen LogP contribution in [0, 0.1) is 0 Å². The van der Waals surface area contributed by atoms with Gasteiger partial charge in [0.15, 0.2) is 5.82 Å². The first-order valence-corrected chi connectivity index (χ1v) is 7.52. The number of nitrogens with zero attached hydrogens (tertiary/aromatic N) is 3. The number of pyridine rings is 1. The SMILES string of the molecule is CC(C)(C)OC(=O)NC(C)(C)c1noc(-c2ccnc(CO)c2)n1. The molecule has 0 radical (unpaired) electrons. The molecule has 0 aliphatic carbocycles. The van der Waals surface area contributed by atoms with Crippen LogP contribution < -0.4 is 5.32 Å². The Kier molecular flexibility index (Phi) is 4.88. The van der Waals surface area contributed by atoms with Crippen LogP contribution >= 0.6 is 0 Å². The lowest BCUT2D eigenvalue weighted by Gasteiger charge is -2.26. The second kappa shape index (κ2) is 6.56. The molecule has 0 fully saturated rings. The molecule has 0 aliphatic heterocycles. The van der Waals surface area contributed by atoms with Crippen LogP contribution in [-0.4, -0.2) is 31.9 Å². The molecular formula is C16H22N4O4. The molecule has 1 amide bonds. The lowest BCUT2D eigenvalue weighted by molar-refractivity contribution is 0.0465. The molecule has 0 bridgehead atoms. The molecule has 2 rings (SSSR count). The van der Waals surface area contributed by atoms with E-state index in [9.17, 15) is 4.79 Å². The summed E-state index contributed by atoms with van der Waals surface area (Å²) in [5.74, 6) is 0.590. The van der Waals surface area contributed by atoms with Gasteiger partial charge in [0.25, 0.3) is 5.89 Å². The second-order valence-corrected chi connectivity index (χ2v) is 6.87. The van der Waals surface area contributed by atoms with E-state index in [2.05, 4.69) is 20.4 Å². The van der Waals surface area contributed by atoms with Gasteiger partial charge in [-0.2, -0.15) is 4.98 Å². The molecular weight excluding hydrogens is 312 g/mol. The minimum atomic E-state index is -0.878. The summed E-state index contributed by atoms with van der Waals surface area (Å²) in [6.45, 7) is 8.67. The predicted octanol–water partition coefficient (Wildman–Crippen LogP) is 2.38. The number of aliphatic hydroxyl groups excluding tert-OH is 1. The fourth-order valence-electron chi connectivity index (χ4n) is 1.91. The molecule has 0 atom stereocenters. The number of carbonyl (C=O) groups is 1. The molecule has 0 saturated heterocycles. The van der Waals surface area contributed by atoms with Crippen LogP contribution in [0.25, 0.3) is 11.5 Å². The number of hydrogen-bond donors (Lipinski definition) is 2. The zero-order valence-corrected chi connectivity index (χ0v) is 14.5. The van der Waals surface area contributed by atoms with Crippen LogP contribution in [0.15, 0.2) is 22.9 Å². The second-order valence-electron chi connectivity index (χ2n) is 6.87. The van der Waals surface area contributed by atoms with E-state index in [1.165, 1.54) is 0 Å². The zero-order valence-electron chi connectivity index (χ0n) is 14.5. The summed E-state index contributed by atoms with van der Waals surface area (Å²) >= 11 is 0. The van der Waals surface area contributed by atoms with Gasteiger partial charge in [-0.3, -0.25) is 4.98 Å². The summed E-state index contributed by atoms with van der Waals surface area (Å²) in [7, 11) is 0. The zero-order chi connectivity index (χ0) is 18.0. The Labute approximate surface area is 140 Å². The lowest BCUT2D eigenvalue weighted by atomic mass is 10.1. The molecule has 8 heteroatoms. The Morgan fingerprint density at radius 3 is 2.67 bits per heavy atom. The van der Waals surface area contributed by atoms with E-state index >= 15 is 0 Å². The molecule has 0 aliphatic rings. The topological polar surface area (TPSA) is 110 Å². The average molecular weight is 334 g/mol. The molecule has 0 saturated carbocycles. The van der Waals surface area contributed by atoms with Crippen molar-refractivity contribution in [1.82, 2.24) is 20.4 Å². The lowest BCUT2D eigenvalue weighted by Crippen LogP contribution is -2.44. The Balaban J connectivity index is 2.17. The number of hydrogen-bond acceptors (Lipinski definition) is 7. The molecule has 8 nitrogen and oxygen atoms in total. The van der Waals surface area contributed by atoms with Crippen LogP contribution in [0.3, 0.4) is 0 Å². The number of ether oxygens (including phenoxy) is 1. The molecule has 24 heavy (non-hydrogen) atoms. The van der Waals surface area contributed by atoms with Crippen molar-refractivity contribution in [3.8, 4) is 11.5 Å². The molecule has 2 N–H and O–H groups in total. The molecule has 2 aromatic rings. The highest BCUT2D eigenvalue weighted by Gasteiger charge is 2.31. The predicted molar refractivity (Wildman–Crippen MR) is 85.8 cm³/mol. The van der Waals surface area contributed by atoms with E-state index in [4.69, 9.17) is 14.4 Å². The van der Waals surface area contributed by atoms with Crippen LogP contribution in [0.5, 0.6) is 0 Å². The van der Waals surface area contributed by atoms with Gasteiger partial charge in [-0.15, -0.1) is 0 Å². The van der Waals surface area contributed by atoms with Gasteiger partial charge in [0, 0.05) is 11.8 Å². The van der Waals surface area contributed by atoms with Crippen molar-refractivity contribution in [1.29, 1.82) is 0 Å². The largest absolute Gasteiger partial charge is 0.444 e. The number of aromatic nitrogens is 3. The van der Waals surface area contributed by atoms with Gasteiger partial charge in [0.1, 0.15) is 11.1 Å². The maximum Gasteiger partial charge on any atom is 0.408 e. The Hall–Kier alpha value is -2.48. The van der Waals surface area contributed by atoms with E-state index in [-0.39, 0.29) is 12.5 Å². The molecule has 130 valence electrons. The van der Waals surface area contributed by atoms with Gasteiger partial charge in [-0.05, 0) is 46.8 Å². The standard InChI is InChI=1S/C16H22N4O4/c1-15(2,3)23-14(22)19-16(4,5)13-18-12(24-20-13)10-6-7-17-11(8-10)9-21/h6-8,21H,9H2,1-5H3,(H,19,22). The van der Waals surface area contributed by atoms with Crippen molar-refractivity contribution >= 4 is 6.09 Å². The van der Waals surface area contributed by atoms with Crippen molar-refractivity contribution in [2.75, 3.05) is 0 Å². The molecule has 0 spiro atoms. The maximum atomic E-state index is 12.0. The van der Waals surface area contributed by atoms with Gasteiger partial charge >= 0.3 is 6.09 Å². The first-order chi connectivity index (χ1) is 11.1. The quantitative estimate of drug-likeness (QED) is 0.883. The summed E-state index contributed by atoms with van der Waals surface area (Å²) < 4.78 is 10.5. The smallest absolute Gasteiger partial charge is 0.408 e. The van der Waals surface area contributed by atoms with Crippen molar-refractivity contribution < 1.29 is 19.2 Å². The van der Waals surface area contributed by atoms with Gasteiger partial charge in [-0.1, -0.05) is 5.16 Å². The molecule has 0 aromatic carbocycles. The molecule has 2 aromatic heterocycles. The Morgan fingerprint density at radius 1 is 1.33 bits per heavy atom. The van der Waals surface area contributed by atoms with Crippen LogP contribution in [-0.2, 0) is 16.9 Å². The summed E-state index contributed by atoms with van der Waals surface area (Å²) in [6.07, 6.45) is 0.986. The highest BCUT2D eigenvalue weighted by atomic mass is 16.6. The fraction of sp³-hybridized carbons (Fsp3) is 0.500. The molecule has 0 unspecified atom stereocenters. The summed E-state index contributed by atoms with van der Waals surface area (Å²) in [5, 5.41) is 15.8. The van der Waals surface area contributed by atoms with Gasteiger partial charge < -0.3 is 19.7 Å². The minimum absolute atomic E-state index is 0.180. The first kappa shape index (κ1) is 17.9. The monoisotopic (exact) mass is 334 g/mol. The number of nitrogens with one attached hydrogen (secondary N) is 1. The van der Waals surface area contributed by atoms with Crippen molar-refractivity contribution in [3.05, 3.63) is 29.8 Å². The van der Waals surface area contributed by atoms with Crippen LogP contribution in [0.1, 0.15) is 46.1 Å². The minimum Gasteiger partial charge on any atom is -0.444 e. The Bertz CT molecular complexity index is 719. The van der Waals surface area contributed by atoms with Gasteiger partial charge in [0.2, 0.25) is 0 Å². The van der Waals surface area contributed by atoms with Crippen molar-refractivity contribution in [3.63, 3.8) is 0 Å². The highest BCUT2D eigenvalue weighted by molar-refractivity contribution is 5.68. The normalized spacial score (nSPS) is 12.1. The maximum absolute atomic E-state index is 12.0. The number of amides is 1. The third-order valence-corrected chi connectivity index (χ3v) is 3.02. The van der Waals surface area contributed by atoms with Crippen molar-refractivity contribution in [2.45, 2.75) is 52.4 Å². The average Bonchev–Trinajstić information content (AvgIpc) is 2.95. The van der Waals surface area contributed by atoms with Gasteiger partial charge in [-0.25, -0.2) is 4.79 Å². The molecule has 2 heterocycles. The van der Waals surface area contributed by atoms with E-state index in [1.807, 2.05) is 0 Å². The number of alkyl carbamates (subject to hydrolysis) is 1. The van der Waals surface area contributed by atoms with Crippen molar-refractivity contribution in [2.24, 2.45) is 0 Å². The van der Waals surface area contributed by atoms with Crippen LogP contribution in [0.2, 0.25) is 0 Å². The fourth-order valence-corrected chi connectivity index (χ4v) is 1.91. The summed E-state index contributed by atoms with van der Waals surface area (Å²) in [6, 6.07) is 3.36. The van der Waals surface area contributed by atoms with E-state index < -0.39 is 17.2 Å². The van der Waals surface area contributed by atoms with E-state index in [0.29, 0.717) is 17.1 Å². The highest BCUT2D eigenvalue weighted by Crippen LogP contribution is 2.23. The third kappa shape index (κ3) is 4.51. The first-order valence-electron chi connectivity index (χ1n) is 7.52. The summed E-state index contributed by atoms with van der Waals surface area (Å²) in [5.41, 5.74) is -0.337. The number of aliphatic hydroxyl groups is 1. The number of carbonyl (C=O) groups excluding carboxylic acids is 1. The van der Waals surface area contributed by atoms with E-state index in [0.717, 1.165) is 0 Å². The van der Waals surface area contributed by atoms with E-state index in [1.54, 1.807) is 52.9 Å².